The molecule has 0 aliphatic carbocycles. The van der Waals surface area contributed by atoms with Crippen LogP contribution in [0.4, 0.5) is 11.4 Å². The predicted octanol–water partition coefficient (Wildman–Crippen LogP) is 2.16. The fraction of sp³-hybridized carbons (Fsp3) is 0.238. The number of carbonyl (C=O) groups is 2. The first-order valence-electron chi connectivity index (χ1n) is 9.33. The minimum absolute atomic E-state index is 0.0927. The largest absolute Gasteiger partial charge is 0.478 e. The highest BCUT2D eigenvalue weighted by molar-refractivity contribution is 7.92. The molecule has 0 radical (unpaired) electrons. The van der Waals surface area contributed by atoms with E-state index in [0.29, 0.717) is 29.2 Å². The van der Waals surface area contributed by atoms with E-state index < -0.39 is 22.0 Å². The Labute approximate surface area is 175 Å². The lowest BCUT2D eigenvalue weighted by molar-refractivity contribution is -0.122. The van der Waals surface area contributed by atoms with Crippen LogP contribution >= 0.6 is 0 Å². The highest BCUT2D eigenvalue weighted by Crippen LogP contribution is 2.34. The molecule has 2 N–H and O–H groups in total. The van der Waals surface area contributed by atoms with Crippen LogP contribution in [0.5, 0.6) is 5.75 Å². The van der Waals surface area contributed by atoms with Crippen molar-refractivity contribution < 1.29 is 22.7 Å². The molecule has 9 heteroatoms. The van der Waals surface area contributed by atoms with E-state index in [0.717, 1.165) is 6.26 Å². The van der Waals surface area contributed by atoms with Crippen molar-refractivity contribution >= 4 is 33.2 Å². The summed E-state index contributed by atoms with van der Waals surface area (Å²) in [5, 5.41) is 5.41. The average molecular weight is 429 g/mol. The van der Waals surface area contributed by atoms with E-state index in [-0.39, 0.29) is 18.9 Å². The number of para-hydroxylation sites is 3. The molecule has 3 rings (SSSR count). The van der Waals surface area contributed by atoms with Crippen molar-refractivity contribution in [3.8, 4) is 5.75 Å². The highest BCUT2D eigenvalue weighted by atomic mass is 32.2. The zero-order valence-electron chi connectivity index (χ0n) is 16.5. The van der Waals surface area contributed by atoms with Crippen LogP contribution < -0.4 is 19.7 Å². The monoisotopic (exact) mass is 429 g/mol. The molecule has 30 heavy (non-hydrogen) atoms. The summed E-state index contributed by atoms with van der Waals surface area (Å²) >= 11 is 0. The molecular formula is C21H23N3O5S. The van der Waals surface area contributed by atoms with Crippen molar-refractivity contribution in [2.24, 2.45) is 0 Å². The fourth-order valence-electron chi connectivity index (χ4n) is 3.12. The number of nitrogens with zero attached hydrogens (tertiary/aromatic N) is 1. The number of ether oxygens (including phenoxy) is 1. The van der Waals surface area contributed by atoms with Gasteiger partial charge in [-0.2, -0.15) is 0 Å². The van der Waals surface area contributed by atoms with Crippen molar-refractivity contribution in [1.82, 2.24) is 5.32 Å². The minimum Gasteiger partial charge on any atom is -0.478 e. The quantitative estimate of drug-likeness (QED) is 0.685. The zero-order chi connectivity index (χ0) is 21.7. The first-order chi connectivity index (χ1) is 14.3. The molecule has 0 unspecified atom stereocenters. The van der Waals surface area contributed by atoms with Gasteiger partial charge in [0.05, 0.1) is 23.2 Å². The van der Waals surface area contributed by atoms with E-state index >= 15 is 0 Å². The Hall–Kier alpha value is -3.33. The molecule has 0 saturated carbocycles. The van der Waals surface area contributed by atoms with Crippen LogP contribution in [0.3, 0.4) is 0 Å². The molecule has 158 valence electrons. The van der Waals surface area contributed by atoms with Gasteiger partial charge in [0, 0.05) is 19.5 Å². The van der Waals surface area contributed by atoms with Gasteiger partial charge in [-0.15, -0.1) is 6.58 Å². The summed E-state index contributed by atoms with van der Waals surface area (Å²) < 4.78 is 31.5. The van der Waals surface area contributed by atoms with Crippen LogP contribution in [0.25, 0.3) is 0 Å². The second kappa shape index (κ2) is 9.00. The molecule has 0 aromatic heterocycles. The van der Waals surface area contributed by atoms with Crippen LogP contribution in [0.2, 0.25) is 0 Å². The Morgan fingerprint density at radius 2 is 1.90 bits per heavy atom. The van der Waals surface area contributed by atoms with E-state index in [1.165, 1.54) is 4.31 Å². The second-order valence-electron chi connectivity index (χ2n) is 6.73. The third kappa shape index (κ3) is 4.80. The number of rotatable bonds is 6. The molecule has 1 atom stereocenters. The SMILES string of the molecule is C=CCNC(=O)c1ccccc1NC(=O)[C@@H]1CCN(S(C)(=O)=O)c2ccccc2O1. The molecule has 0 spiro atoms. The molecule has 1 heterocycles. The third-order valence-electron chi connectivity index (χ3n) is 4.53. The number of hydrogen-bond donors (Lipinski definition) is 2. The maximum Gasteiger partial charge on any atom is 0.265 e. The van der Waals surface area contributed by atoms with Crippen molar-refractivity contribution in [2.45, 2.75) is 12.5 Å². The maximum atomic E-state index is 12.9. The smallest absolute Gasteiger partial charge is 0.265 e. The molecule has 0 bridgehead atoms. The summed E-state index contributed by atoms with van der Waals surface area (Å²) in [6.07, 6.45) is 1.90. The number of benzene rings is 2. The first kappa shape index (κ1) is 21.4. The fourth-order valence-corrected chi connectivity index (χ4v) is 4.07. The molecule has 1 aliphatic heterocycles. The van der Waals surface area contributed by atoms with Crippen LogP contribution in [-0.4, -0.2) is 45.7 Å². The lowest BCUT2D eigenvalue weighted by Gasteiger charge is -2.20. The van der Waals surface area contributed by atoms with Gasteiger partial charge in [0.1, 0.15) is 5.75 Å². The number of amides is 2. The molecule has 8 nitrogen and oxygen atoms in total. The van der Waals surface area contributed by atoms with Gasteiger partial charge in [0.15, 0.2) is 6.10 Å². The number of anilines is 2. The molecule has 0 saturated heterocycles. The lowest BCUT2D eigenvalue weighted by Crippen LogP contribution is -2.36. The van der Waals surface area contributed by atoms with Gasteiger partial charge >= 0.3 is 0 Å². The highest BCUT2D eigenvalue weighted by Gasteiger charge is 2.31. The molecule has 1 aliphatic rings. The van der Waals surface area contributed by atoms with Crippen LogP contribution in [-0.2, 0) is 14.8 Å². The van der Waals surface area contributed by atoms with Gasteiger partial charge in [-0.3, -0.25) is 13.9 Å². The van der Waals surface area contributed by atoms with Gasteiger partial charge in [-0.05, 0) is 24.3 Å². The van der Waals surface area contributed by atoms with Gasteiger partial charge in [-0.25, -0.2) is 8.42 Å². The van der Waals surface area contributed by atoms with E-state index in [1.807, 2.05) is 0 Å². The van der Waals surface area contributed by atoms with Crippen molar-refractivity contribution in [3.63, 3.8) is 0 Å². The summed E-state index contributed by atoms with van der Waals surface area (Å²) in [6, 6.07) is 13.3. The molecule has 2 aromatic carbocycles. The van der Waals surface area contributed by atoms with Crippen molar-refractivity contribution in [3.05, 3.63) is 66.7 Å². The molecule has 2 aromatic rings. The predicted molar refractivity (Wildman–Crippen MR) is 115 cm³/mol. The number of fused-ring (bicyclic) bond motifs is 1. The summed E-state index contributed by atoms with van der Waals surface area (Å²) in [5.41, 5.74) is 1.03. The summed E-state index contributed by atoms with van der Waals surface area (Å²) in [5.74, 6) is -0.511. The average Bonchev–Trinajstić information content (AvgIpc) is 2.92. The molecule has 0 fully saturated rings. The Kier molecular flexibility index (Phi) is 6.41. The van der Waals surface area contributed by atoms with E-state index in [4.69, 9.17) is 4.74 Å². The van der Waals surface area contributed by atoms with Crippen LogP contribution in [0, 0.1) is 0 Å². The van der Waals surface area contributed by atoms with Crippen LogP contribution in [0.15, 0.2) is 61.2 Å². The van der Waals surface area contributed by atoms with E-state index in [2.05, 4.69) is 17.2 Å². The Morgan fingerprint density at radius 1 is 1.20 bits per heavy atom. The second-order valence-corrected chi connectivity index (χ2v) is 8.64. The number of hydrogen-bond acceptors (Lipinski definition) is 5. The minimum atomic E-state index is -3.54. The first-order valence-corrected chi connectivity index (χ1v) is 11.2. The number of nitrogens with one attached hydrogen (secondary N) is 2. The lowest BCUT2D eigenvalue weighted by atomic mass is 10.1. The molecular weight excluding hydrogens is 406 g/mol. The van der Waals surface area contributed by atoms with Gasteiger partial charge in [0.25, 0.3) is 11.8 Å². The Balaban J connectivity index is 1.83. The Morgan fingerprint density at radius 3 is 2.63 bits per heavy atom. The van der Waals surface area contributed by atoms with E-state index in [1.54, 1.807) is 54.6 Å². The number of carbonyl (C=O) groups excluding carboxylic acids is 2. The van der Waals surface area contributed by atoms with Crippen molar-refractivity contribution in [1.29, 1.82) is 0 Å². The van der Waals surface area contributed by atoms with Crippen molar-refractivity contribution in [2.75, 3.05) is 29.0 Å². The summed E-state index contributed by atoms with van der Waals surface area (Å²) in [6.45, 7) is 3.95. The van der Waals surface area contributed by atoms with E-state index in [9.17, 15) is 18.0 Å². The standard InChI is InChI=1S/C21H23N3O5S/c1-3-13-22-20(25)15-8-4-5-9-16(15)23-21(26)19-12-14-24(30(2,27)28)17-10-6-7-11-18(17)29-19/h3-11,19H,1,12-14H2,2H3,(H,22,25)(H,23,26)/t19-/m0/s1. The van der Waals surface area contributed by atoms with Gasteiger partial charge in [0.2, 0.25) is 10.0 Å². The van der Waals surface area contributed by atoms with Gasteiger partial charge in [-0.1, -0.05) is 30.3 Å². The number of sulfonamides is 1. The Bertz CT molecular complexity index is 1070. The topological polar surface area (TPSA) is 105 Å². The summed E-state index contributed by atoms with van der Waals surface area (Å²) in [4.78, 5) is 25.3. The normalized spacial score (nSPS) is 15.9. The third-order valence-corrected chi connectivity index (χ3v) is 5.71. The molecule has 2 amide bonds. The van der Waals surface area contributed by atoms with Gasteiger partial charge < -0.3 is 15.4 Å². The summed E-state index contributed by atoms with van der Waals surface area (Å²) in [7, 11) is -3.54. The van der Waals surface area contributed by atoms with Crippen LogP contribution in [0.1, 0.15) is 16.8 Å². The maximum absolute atomic E-state index is 12.9. The zero-order valence-corrected chi connectivity index (χ0v) is 17.3.